The molecule has 4 amide bonds. The number of amides is 4. The number of halogens is 1. The van der Waals surface area contributed by atoms with Crippen molar-refractivity contribution < 1.29 is 58.8 Å². The van der Waals surface area contributed by atoms with Crippen LogP contribution in [0.1, 0.15) is 36.3 Å². The van der Waals surface area contributed by atoms with Crippen LogP contribution < -0.4 is 11.2 Å². The van der Waals surface area contributed by atoms with E-state index in [2.05, 4.69) is 15.6 Å². The number of carbonyl (C=O) groups is 7. The predicted molar refractivity (Wildman–Crippen MR) is 168 cm³/mol. The number of nitrogens with zero attached hydrogens (tertiary/aromatic N) is 5. The van der Waals surface area contributed by atoms with E-state index in [4.69, 9.17) is 22.2 Å². The van der Waals surface area contributed by atoms with Gasteiger partial charge in [0.2, 0.25) is 16.4 Å². The third kappa shape index (κ3) is 6.15. The third-order valence-electron chi connectivity index (χ3n) is 7.83. The molecule has 0 aliphatic carbocycles. The maximum absolute atomic E-state index is 13.4. The number of nitrogen functional groups attached to an aromatic ring is 1. The van der Waals surface area contributed by atoms with Crippen molar-refractivity contribution in [2.45, 2.75) is 36.1 Å². The summed E-state index contributed by atoms with van der Waals surface area (Å²) in [5.74, 6) is -10.4. The number of nitrogens with one attached hydrogen (secondary N) is 1. The van der Waals surface area contributed by atoms with Gasteiger partial charge in [0.15, 0.2) is 28.1 Å². The van der Waals surface area contributed by atoms with Crippen LogP contribution in [0.2, 0.25) is 5.02 Å². The van der Waals surface area contributed by atoms with Crippen LogP contribution in [-0.4, -0.2) is 123 Å². The van der Waals surface area contributed by atoms with E-state index in [1.54, 1.807) is 0 Å². The van der Waals surface area contributed by atoms with E-state index in [1.165, 1.54) is 19.2 Å². The maximum atomic E-state index is 13.4. The van der Waals surface area contributed by atoms with E-state index in [0.29, 0.717) is 16.8 Å². The number of anilines is 1. The van der Waals surface area contributed by atoms with Crippen LogP contribution in [0.5, 0.6) is 11.5 Å². The molecule has 2 aromatic rings. The van der Waals surface area contributed by atoms with Gasteiger partial charge in [-0.05, 0) is 26.0 Å². The summed E-state index contributed by atoms with van der Waals surface area (Å²) in [6, 6.07) is 2.05. The Labute approximate surface area is 288 Å². The molecular weight excluding hydrogens is 714 g/mol. The molecule has 0 radical (unpaired) electrons. The smallest absolute Gasteiger partial charge is 0.350 e. The number of fused-ring (bicyclic) bond motifs is 1. The number of phenols is 2. The van der Waals surface area contributed by atoms with Crippen molar-refractivity contribution >= 4 is 86.9 Å². The number of thiazole rings is 1. The van der Waals surface area contributed by atoms with Crippen molar-refractivity contribution in [3.63, 3.8) is 0 Å². The topological polar surface area (TPSA) is 283 Å². The molecule has 3 saturated heterocycles. The van der Waals surface area contributed by atoms with Crippen molar-refractivity contribution in [3.05, 3.63) is 33.8 Å². The summed E-state index contributed by atoms with van der Waals surface area (Å²) in [6.07, 6.45) is -0.516. The molecule has 7 N–H and O–H groups in total. The number of hydrogen-bond donors (Lipinski definition) is 6. The highest BCUT2D eigenvalue weighted by atomic mass is 35.5. The molecule has 0 bridgehead atoms. The standard InChI is InChI=1S/C27H26ClN7O12S2/c1-26(2,23(43)44)47-32-16(12-8-48-25(29)30-12)14(37)7-11-19(40)33-9-27(24(45)46,49-22(11)33)34-5-6-35(21(42)20(34)41)31-18(39)10-3-4-13(36)17(38)15(10)28/h3-4,8,11,22,36,38H,5-7,9H2,1-2H3,(H2,29,30)(H,31,39)(H,43,44)(H,45,46)/b32-16-/t11?,22-,27-/m1/s1. The van der Waals surface area contributed by atoms with Gasteiger partial charge in [-0.15, -0.1) is 11.3 Å². The van der Waals surface area contributed by atoms with Gasteiger partial charge >= 0.3 is 23.8 Å². The Morgan fingerprint density at radius 2 is 1.86 bits per heavy atom. The summed E-state index contributed by atoms with van der Waals surface area (Å²) in [6.45, 7) is 1.10. The lowest BCUT2D eigenvalue weighted by molar-refractivity contribution is -0.167. The monoisotopic (exact) mass is 739 g/mol. The molecule has 3 fully saturated rings. The summed E-state index contributed by atoms with van der Waals surface area (Å²) < 4.78 is 0. The van der Waals surface area contributed by atoms with Crippen molar-refractivity contribution in [3.8, 4) is 11.5 Å². The quantitative estimate of drug-likeness (QED) is 0.0565. The van der Waals surface area contributed by atoms with Gasteiger partial charge in [-0.3, -0.25) is 29.4 Å². The van der Waals surface area contributed by atoms with Crippen molar-refractivity contribution in [1.82, 2.24) is 25.2 Å². The molecule has 0 spiro atoms. The normalized spacial score (nSPS) is 22.5. The molecule has 1 unspecified atom stereocenters. The lowest BCUT2D eigenvalue weighted by Gasteiger charge is -2.41. The van der Waals surface area contributed by atoms with Gasteiger partial charge in [-0.2, -0.15) is 0 Å². The number of benzene rings is 1. The van der Waals surface area contributed by atoms with Crippen molar-refractivity contribution in [2.75, 3.05) is 25.4 Å². The number of oxime groups is 1. The molecule has 1 aromatic heterocycles. The van der Waals surface area contributed by atoms with E-state index >= 15 is 0 Å². The van der Waals surface area contributed by atoms with Gasteiger partial charge in [0.05, 0.1) is 35.0 Å². The second kappa shape index (κ2) is 12.7. The van der Waals surface area contributed by atoms with Gasteiger partial charge in [-0.25, -0.2) is 19.6 Å². The molecule has 4 heterocycles. The summed E-state index contributed by atoms with van der Waals surface area (Å²) in [4.78, 5) is 98.8. The fourth-order valence-electron chi connectivity index (χ4n) is 5.08. The van der Waals surface area contributed by atoms with Crippen LogP contribution in [0.4, 0.5) is 5.13 Å². The van der Waals surface area contributed by atoms with Crippen LogP contribution in [0.25, 0.3) is 0 Å². The number of rotatable bonds is 11. The van der Waals surface area contributed by atoms with Gasteiger partial charge in [0.25, 0.3) is 5.91 Å². The number of nitrogens with two attached hydrogens (primary N) is 1. The van der Waals surface area contributed by atoms with E-state index in [1.807, 2.05) is 0 Å². The number of β-lactam (4-membered cyclic amide) rings is 1. The zero-order valence-corrected chi connectivity index (χ0v) is 27.7. The van der Waals surface area contributed by atoms with Crippen molar-refractivity contribution in [1.29, 1.82) is 0 Å². The second-order valence-corrected chi connectivity index (χ2v) is 14.0. The fraction of sp³-hybridized carbons (Fsp3) is 0.370. The number of aromatic hydroxyl groups is 2. The minimum atomic E-state index is -2.14. The third-order valence-corrected chi connectivity index (χ3v) is 10.6. The first kappa shape index (κ1) is 35.2. The number of thioether (sulfide) groups is 1. The van der Waals surface area contributed by atoms with Crippen LogP contribution in [0, 0.1) is 5.92 Å². The highest BCUT2D eigenvalue weighted by Gasteiger charge is 2.66. The van der Waals surface area contributed by atoms with Crippen LogP contribution in [0.15, 0.2) is 22.7 Å². The van der Waals surface area contributed by atoms with Crippen LogP contribution in [0.3, 0.4) is 0 Å². The lowest BCUT2D eigenvalue weighted by Crippen LogP contribution is -2.67. The minimum Gasteiger partial charge on any atom is -0.504 e. The highest BCUT2D eigenvalue weighted by molar-refractivity contribution is 8.02. The number of ketones is 1. The largest absolute Gasteiger partial charge is 0.504 e. The first-order valence-electron chi connectivity index (χ1n) is 14.0. The second-order valence-electron chi connectivity index (χ2n) is 11.4. The number of piperazine rings is 1. The predicted octanol–water partition coefficient (Wildman–Crippen LogP) is -0.339. The molecule has 3 atom stereocenters. The molecular formula is C27H26ClN7O12S2. The molecule has 260 valence electrons. The maximum Gasteiger partial charge on any atom is 0.350 e. The van der Waals surface area contributed by atoms with E-state index in [0.717, 1.165) is 33.3 Å². The van der Waals surface area contributed by atoms with Gasteiger partial charge in [0, 0.05) is 18.3 Å². The summed E-state index contributed by atoms with van der Waals surface area (Å²) >= 11 is 7.56. The Kier molecular flexibility index (Phi) is 9.12. The molecule has 19 nitrogen and oxygen atoms in total. The molecule has 1 aromatic carbocycles. The lowest BCUT2D eigenvalue weighted by atomic mass is 9.90. The SMILES string of the molecule is CC(C)(O/N=C(\C(=O)CC1C(=O)N2C[C@@](C(=O)O)(N3CCN(NC(=O)c4ccc(O)c(O)c4Cl)C(=O)C3=O)S[C@H]12)c1csc(N)n1)C(=O)O. The molecule has 49 heavy (non-hydrogen) atoms. The summed E-state index contributed by atoms with van der Waals surface area (Å²) in [5, 5.41) is 43.4. The zero-order valence-electron chi connectivity index (χ0n) is 25.3. The highest BCUT2D eigenvalue weighted by Crippen LogP contribution is 2.52. The number of Topliss-reactive ketones (excluding diaryl/α,β-unsaturated/α-hetero) is 1. The van der Waals surface area contributed by atoms with Crippen molar-refractivity contribution in [2.24, 2.45) is 11.1 Å². The number of aromatic nitrogens is 1. The molecule has 3 aliphatic heterocycles. The average molecular weight is 740 g/mol. The molecule has 3 aliphatic rings. The molecule has 0 saturated carbocycles. The van der Waals surface area contributed by atoms with Gasteiger partial charge in [-0.1, -0.05) is 28.5 Å². The zero-order chi connectivity index (χ0) is 36.2. The molecule has 5 rings (SSSR count). The van der Waals surface area contributed by atoms with Gasteiger partial charge in [0.1, 0.15) is 5.69 Å². The number of aliphatic carboxylic acids is 2. The Balaban J connectivity index is 1.31. The number of carboxylic acids is 2. The molecule has 22 heteroatoms. The number of hydrazine groups is 1. The Bertz CT molecular complexity index is 1850. The average Bonchev–Trinajstić information content (AvgIpc) is 3.63. The number of hydrogen-bond acceptors (Lipinski definition) is 15. The first-order valence-corrected chi connectivity index (χ1v) is 16.1. The van der Waals surface area contributed by atoms with E-state index < -0.39 is 105 Å². The fourth-order valence-corrected chi connectivity index (χ4v) is 7.57. The minimum absolute atomic E-state index is 0.0326. The summed E-state index contributed by atoms with van der Waals surface area (Å²) in [5.41, 5.74) is 5.24. The first-order chi connectivity index (χ1) is 22.9. The number of carboxylic acid groups (broad SMARTS) is 2. The Hall–Kier alpha value is -5.15. The van der Waals surface area contributed by atoms with Gasteiger partial charge < -0.3 is 40.8 Å². The van der Waals surface area contributed by atoms with E-state index in [-0.39, 0.29) is 22.9 Å². The Morgan fingerprint density at radius 1 is 1.16 bits per heavy atom. The van der Waals surface area contributed by atoms with Crippen LogP contribution >= 0.6 is 34.7 Å². The summed E-state index contributed by atoms with van der Waals surface area (Å²) in [7, 11) is 0. The Morgan fingerprint density at radius 3 is 2.47 bits per heavy atom. The number of phenolic OH excluding ortho intramolecular Hbond substituents is 2. The van der Waals surface area contributed by atoms with Crippen LogP contribution in [-0.2, 0) is 33.6 Å². The number of carbonyl (C=O) groups excluding carboxylic acids is 5. The van der Waals surface area contributed by atoms with E-state index in [9.17, 15) is 54.0 Å².